The number of hydrogen-bond donors (Lipinski definition) is 1. The molecule has 2 saturated heterocycles. The third kappa shape index (κ3) is 8.94. The van der Waals surface area contributed by atoms with Gasteiger partial charge in [0, 0.05) is 12.1 Å². The minimum atomic E-state index is -0.748. The Hall–Kier alpha value is -3.18. The molecular formula is C33H47FN2O8. The molecule has 1 saturated carbocycles. The Kier molecular flexibility index (Phi) is 10.6. The average Bonchev–Trinajstić information content (AvgIpc) is 2.91. The van der Waals surface area contributed by atoms with Crippen molar-refractivity contribution in [3.05, 3.63) is 41.9 Å². The van der Waals surface area contributed by atoms with Gasteiger partial charge >= 0.3 is 12.1 Å². The molecule has 1 aromatic rings. The minimum absolute atomic E-state index is 0.00560. The highest BCUT2D eigenvalue weighted by molar-refractivity contribution is 5.82. The first kappa shape index (κ1) is 33.7. The molecule has 1 aliphatic carbocycles. The molecule has 2 unspecified atom stereocenters. The Labute approximate surface area is 259 Å². The number of hydrogen-bond acceptors (Lipinski definition) is 8. The van der Waals surface area contributed by atoms with E-state index in [2.05, 4.69) is 5.32 Å². The minimum Gasteiger partial charge on any atom is -0.461 e. The predicted octanol–water partition coefficient (Wildman–Crippen LogP) is 5.39. The quantitative estimate of drug-likeness (QED) is 0.246. The molecule has 2 amide bonds. The molecule has 1 aromatic carbocycles. The molecule has 2 heterocycles. The summed E-state index contributed by atoms with van der Waals surface area (Å²) in [5.74, 6) is -1.14. The topological polar surface area (TPSA) is 113 Å². The van der Waals surface area contributed by atoms with Gasteiger partial charge in [-0.2, -0.15) is 0 Å². The molecular weight excluding hydrogens is 571 g/mol. The van der Waals surface area contributed by atoms with Gasteiger partial charge in [-0.1, -0.05) is 12.1 Å². The lowest BCUT2D eigenvalue weighted by Gasteiger charge is -2.51. The van der Waals surface area contributed by atoms with Gasteiger partial charge in [0.25, 0.3) is 0 Å². The summed E-state index contributed by atoms with van der Waals surface area (Å²) in [4.78, 5) is 39.3. The van der Waals surface area contributed by atoms with E-state index in [9.17, 15) is 18.8 Å². The van der Waals surface area contributed by atoms with Crippen molar-refractivity contribution in [2.24, 2.45) is 0 Å². The fraction of sp³-hybridized carbons (Fsp3) is 0.667. The van der Waals surface area contributed by atoms with Crippen LogP contribution in [0.5, 0.6) is 5.75 Å². The van der Waals surface area contributed by atoms with Crippen LogP contribution >= 0.6 is 0 Å². The van der Waals surface area contributed by atoms with Crippen LogP contribution in [0.1, 0.15) is 91.5 Å². The summed E-state index contributed by atoms with van der Waals surface area (Å²) in [7, 11) is 0. The van der Waals surface area contributed by atoms with Crippen LogP contribution in [0.3, 0.4) is 0 Å². The van der Waals surface area contributed by atoms with E-state index in [1.807, 2.05) is 26.8 Å². The van der Waals surface area contributed by atoms with Crippen LogP contribution < -0.4 is 10.1 Å². The van der Waals surface area contributed by atoms with Crippen molar-refractivity contribution >= 4 is 18.0 Å². The number of morpholine rings is 1. The highest BCUT2D eigenvalue weighted by Crippen LogP contribution is 2.40. The van der Waals surface area contributed by atoms with E-state index in [1.165, 1.54) is 6.07 Å². The van der Waals surface area contributed by atoms with E-state index < -0.39 is 40.7 Å². The maximum Gasteiger partial charge on any atom is 0.410 e. The Bertz CT molecular complexity index is 1210. The van der Waals surface area contributed by atoms with Gasteiger partial charge < -0.3 is 33.9 Å². The van der Waals surface area contributed by atoms with Crippen molar-refractivity contribution in [1.29, 1.82) is 0 Å². The largest absolute Gasteiger partial charge is 0.461 e. The molecule has 1 N–H and O–H groups in total. The van der Waals surface area contributed by atoms with Crippen molar-refractivity contribution in [3.63, 3.8) is 0 Å². The van der Waals surface area contributed by atoms with Crippen LogP contribution in [0, 0.1) is 5.82 Å². The number of rotatable bonds is 7. The van der Waals surface area contributed by atoms with E-state index in [0.717, 1.165) is 43.6 Å². The third-order valence-corrected chi connectivity index (χ3v) is 8.04. The molecule has 4 rings (SSSR count). The normalized spacial score (nSPS) is 26.4. The lowest BCUT2D eigenvalue weighted by molar-refractivity contribution is -0.148. The number of para-hydroxylation sites is 1. The first-order valence-electron chi connectivity index (χ1n) is 15.5. The second-order valence-corrected chi connectivity index (χ2v) is 13.9. The Morgan fingerprint density at radius 2 is 1.80 bits per heavy atom. The van der Waals surface area contributed by atoms with E-state index in [-0.39, 0.29) is 36.9 Å². The summed E-state index contributed by atoms with van der Waals surface area (Å²) in [5, 5.41) is 3.11. The molecule has 10 nitrogen and oxygen atoms in total. The van der Waals surface area contributed by atoms with E-state index in [0.29, 0.717) is 26.0 Å². The summed E-state index contributed by atoms with van der Waals surface area (Å²) >= 11 is 0. The van der Waals surface area contributed by atoms with Gasteiger partial charge in [-0.15, -0.1) is 0 Å². The van der Waals surface area contributed by atoms with Gasteiger partial charge in [-0.3, -0.25) is 4.79 Å². The maximum atomic E-state index is 14.8. The summed E-state index contributed by atoms with van der Waals surface area (Å²) < 4.78 is 43.5. The second kappa shape index (κ2) is 13.9. The molecule has 11 heteroatoms. The Balaban J connectivity index is 1.40. The number of piperidine rings is 1. The summed E-state index contributed by atoms with van der Waals surface area (Å²) in [6.07, 6.45) is 6.10. The monoisotopic (exact) mass is 618 g/mol. The number of carbonyl (C=O) groups is 3. The lowest BCUT2D eigenvalue weighted by atomic mass is 9.80. The smallest absolute Gasteiger partial charge is 0.410 e. The number of ether oxygens (including phenoxy) is 5. The number of carbonyl (C=O) groups excluding carboxylic acids is 3. The van der Waals surface area contributed by atoms with Crippen LogP contribution in [0.15, 0.2) is 30.5 Å². The number of likely N-dealkylation sites (tertiary alicyclic amines) is 1. The number of benzene rings is 1. The van der Waals surface area contributed by atoms with Gasteiger partial charge in [-0.05, 0) is 92.1 Å². The van der Waals surface area contributed by atoms with Gasteiger partial charge in [0.1, 0.15) is 17.8 Å². The molecule has 2 aliphatic heterocycles. The zero-order chi connectivity index (χ0) is 32.1. The zero-order valence-corrected chi connectivity index (χ0v) is 26.8. The zero-order valence-electron chi connectivity index (χ0n) is 26.8. The Morgan fingerprint density at radius 1 is 1.09 bits per heavy atom. The summed E-state index contributed by atoms with van der Waals surface area (Å²) in [6, 6.07) is 4.39. The fourth-order valence-electron chi connectivity index (χ4n) is 6.20. The van der Waals surface area contributed by atoms with Crippen LogP contribution in [-0.2, 0) is 28.5 Å². The van der Waals surface area contributed by atoms with Crippen molar-refractivity contribution in [2.75, 3.05) is 26.4 Å². The standard InChI is InChI=1S/C33H47FN2O8/c1-31(2,3)43-28(38)15-18-41-29-24(9-7-10-25(29)34)22-11-13-23(14-12-22)42-19-26-33(21-40-20-27(37)35-33)16-8-17-36(26)30(39)44-32(4,5)6/h7,9-10,15,18,22-23,26H,8,11-14,16-17,19-21H2,1-6H3,(H,35,37)/b18-15+. The van der Waals surface area contributed by atoms with Gasteiger partial charge in [-0.25, -0.2) is 14.0 Å². The molecule has 0 bridgehead atoms. The first-order valence-corrected chi connectivity index (χ1v) is 15.5. The van der Waals surface area contributed by atoms with E-state index in [4.69, 9.17) is 23.7 Å². The van der Waals surface area contributed by atoms with Crippen LogP contribution in [0.4, 0.5) is 9.18 Å². The number of halogens is 1. The SMILES string of the molecule is CC(C)(C)OC(=O)/C=C/Oc1c(F)cccc1C1CCC(OCC2N(C(=O)OC(C)(C)C)CCCC23COCC(=O)N3)CC1. The average molecular weight is 619 g/mol. The number of esters is 1. The van der Waals surface area contributed by atoms with E-state index in [1.54, 1.807) is 31.7 Å². The van der Waals surface area contributed by atoms with E-state index >= 15 is 0 Å². The number of nitrogens with one attached hydrogen (secondary N) is 1. The molecule has 3 fully saturated rings. The lowest BCUT2D eigenvalue weighted by Crippen LogP contribution is -2.72. The van der Waals surface area contributed by atoms with Crippen molar-refractivity contribution in [1.82, 2.24) is 10.2 Å². The molecule has 3 aliphatic rings. The van der Waals surface area contributed by atoms with Crippen molar-refractivity contribution < 1.29 is 42.5 Å². The molecule has 0 radical (unpaired) electrons. The van der Waals surface area contributed by atoms with Crippen LogP contribution in [0.25, 0.3) is 0 Å². The summed E-state index contributed by atoms with van der Waals surface area (Å²) in [6.45, 7) is 11.8. The second-order valence-electron chi connectivity index (χ2n) is 13.9. The van der Waals surface area contributed by atoms with Crippen LogP contribution in [0.2, 0.25) is 0 Å². The Morgan fingerprint density at radius 3 is 2.45 bits per heavy atom. The highest BCUT2D eigenvalue weighted by atomic mass is 19.1. The molecule has 44 heavy (non-hydrogen) atoms. The number of amides is 2. The predicted molar refractivity (Wildman–Crippen MR) is 161 cm³/mol. The molecule has 2 atom stereocenters. The first-order chi connectivity index (χ1) is 20.7. The van der Waals surface area contributed by atoms with Gasteiger partial charge in [0.2, 0.25) is 5.91 Å². The van der Waals surface area contributed by atoms with Crippen molar-refractivity contribution in [2.45, 2.75) is 115 Å². The maximum absolute atomic E-state index is 14.8. The third-order valence-electron chi connectivity index (χ3n) is 8.04. The summed E-state index contributed by atoms with van der Waals surface area (Å²) in [5.41, 5.74) is -1.32. The van der Waals surface area contributed by atoms with Crippen molar-refractivity contribution in [3.8, 4) is 5.75 Å². The number of nitrogens with zero attached hydrogens (tertiary/aromatic N) is 1. The molecule has 0 aromatic heterocycles. The van der Waals surface area contributed by atoms with Crippen LogP contribution in [-0.4, -0.2) is 78.1 Å². The van der Waals surface area contributed by atoms with Gasteiger partial charge in [0.15, 0.2) is 11.6 Å². The molecule has 1 spiro atoms. The molecule has 244 valence electrons. The fourth-order valence-corrected chi connectivity index (χ4v) is 6.20. The highest BCUT2D eigenvalue weighted by Gasteiger charge is 2.50. The van der Waals surface area contributed by atoms with Gasteiger partial charge in [0.05, 0.1) is 43.2 Å².